The summed E-state index contributed by atoms with van der Waals surface area (Å²) >= 11 is 0. The summed E-state index contributed by atoms with van der Waals surface area (Å²) < 4.78 is 18.4. The van der Waals surface area contributed by atoms with Crippen molar-refractivity contribution in [3.8, 4) is 0 Å². The van der Waals surface area contributed by atoms with E-state index < -0.39 is 0 Å². The molecule has 0 bridgehead atoms. The second-order valence-corrected chi connectivity index (χ2v) is 4.96. The molecule has 0 amide bonds. The van der Waals surface area contributed by atoms with E-state index in [1.54, 1.807) is 0 Å². The molecule has 1 rings (SSSR count). The van der Waals surface area contributed by atoms with E-state index in [4.69, 9.17) is 4.74 Å². The van der Waals surface area contributed by atoms with Crippen molar-refractivity contribution in [2.45, 2.75) is 26.7 Å². The number of hydrogen-bond donors (Lipinski definition) is 1. The third kappa shape index (κ3) is 5.61. The Morgan fingerprint density at radius 3 is 2.39 bits per heavy atom. The summed E-state index contributed by atoms with van der Waals surface area (Å²) in [6, 6.07) is 6.71. The zero-order chi connectivity index (χ0) is 13.4. The molecule has 2 nitrogen and oxygen atoms in total. The molecule has 0 aromatic heterocycles. The average Bonchev–Trinajstić information content (AvgIpc) is 2.34. The molecule has 0 aliphatic carbocycles. The van der Waals surface area contributed by atoms with Crippen LogP contribution in [-0.2, 0) is 4.74 Å². The van der Waals surface area contributed by atoms with Gasteiger partial charge >= 0.3 is 0 Å². The Balaban J connectivity index is 2.56. The molecule has 1 N–H and O–H groups in total. The predicted molar refractivity (Wildman–Crippen MR) is 73.3 cm³/mol. The maximum Gasteiger partial charge on any atom is 0.123 e. The molecule has 1 aromatic carbocycles. The van der Waals surface area contributed by atoms with Gasteiger partial charge in [-0.3, -0.25) is 0 Å². The van der Waals surface area contributed by atoms with Crippen LogP contribution in [0.1, 0.15) is 32.3 Å². The molecule has 0 fully saturated rings. The van der Waals surface area contributed by atoms with Gasteiger partial charge in [0.2, 0.25) is 0 Å². The fourth-order valence-corrected chi connectivity index (χ4v) is 1.81. The van der Waals surface area contributed by atoms with Gasteiger partial charge in [-0.1, -0.05) is 26.0 Å². The summed E-state index contributed by atoms with van der Waals surface area (Å²) in [7, 11) is 0. The van der Waals surface area contributed by atoms with Crippen LogP contribution < -0.4 is 5.32 Å². The monoisotopic (exact) mass is 253 g/mol. The van der Waals surface area contributed by atoms with Crippen molar-refractivity contribution in [3.63, 3.8) is 0 Å². The van der Waals surface area contributed by atoms with Crippen molar-refractivity contribution < 1.29 is 9.13 Å². The van der Waals surface area contributed by atoms with Gasteiger partial charge in [0.1, 0.15) is 5.82 Å². The van der Waals surface area contributed by atoms with Crippen molar-refractivity contribution in [2.75, 3.05) is 26.3 Å². The van der Waals surface area contributed by atoms with E-state index in [9.17, 15) is 4.39 Å². The first-order chi connectivity index (χ1) is 8.63. The molecule has 1 unspecified atom stereocenters. The highest BCUT2D eigenvalue weighted by molar-refractivity contribution is 5.21. The van der Waals surface area contributed by atoms with Crippen LogP contribution in [0.2, 0.25) is 0 Å². The molecule has 0 saturated heterocycles. The number of halogens is 1. The Labute approximate surface area is 110 Å². The number of benzene rings is 1. The van der Waals surface area contributed by atoms with Crippen LogP contribution in [0, 0.1) is 11.7 Å². The van der Waals surface area contributed by atoms with Gasteiger partial charge in [-0.25, -0.2) is 4.39 Å². The smallest absolute Gasteiger partial charge is 0.123 e. The van der Waals surface area contributed by atoms with Crippen LogP contribution >= 0.6 is 0 Å². The Bertz CT molecular complexity index is 324. The Morgan fingerprint density at radius 2 is 1.83 bits per heavy atom. The quantitative estimate of drug-likeness (QED) is 0.768. The van der Waals surface area contributed by atoms with E-state index in [1.807, 2.05) is 19.1 Å². The molecular weight excluding hydrogens is 229 g/mol. The number of ether oxygens (including phenoxy) is 1. The minimum Gasteiger partial charge on any atom is -0.381 e. The molecule has 1 aromatic rings. The van der Waals surface area contributed by atoms with Crippen molar-refractivity contribution >= 4 is 0 Å². The molecule has 0 heterocycles. The standard InChI is InChI=1S/C15H24FNO/c1-4-18-11-14(10-17-9-12(2)3)13-5-7-15(16)8-6-13/h5-8,12,14,17H,4,9-11H2,1-3H3. The summed E-state index contributed by atoms with van der Waals surface area (Å²) in [4.78, 5) is 0. The Kier molecular flexibility index (Phi) is 6.91. The summed E-state index contributed by atoms with van der Waals surface area (Å²) in [6.07, 6.45) is 0. The van der Waals surface area contributed by atoms with E-state index in [1.165, 1.54) is 12.1 Å². The first-order valence-electron chi connectivity index (χ1n) is 6.67. The summed E-state index contributed by atoms with van der Waals surface area (Å²) in [5, 5.41) is 3.43. The summed E-state index contributed by atoms with van der Waals surface area (Å²) in [6.45, 7) is 9.59. The van der Waals surface area contributed by atoms with Gasteiger partial charge in [-0.05, 0) is 37.1 Å². The normalized spacial score (nSPS) is 12.9. The molecule has 0 aliphatic heterocycles. The first-order valence-corrected chi connectivity index (χ1v) is 6.67. The maximum absolute atomic E-state index is 12.9. The summed E-state index contributed by atoms with van der Waals surface area (Å²) in [5.74, 6) is 0.722. The molecule has 102 valence electrons. The van der Waals surface area contributed by atoms with Crippen LogP contribution in [-0.4, -0.2) is 26.3 Å². The zero-order valence-electron chi connectivity index (χ0n) is 11.6. The average molecular weight is 253 g/mol. The van der Waals surface area contributed by atoms with Gasteiger partial charge in [-0.15, -0.1) is 0 Å². The van der Waals surface area contributed by atoms with Gasteiger partial charge < -0.3 is 10.1 Å². The summed E-state index contributed by atoms with van der Waals surface area (Å²) in [5.41, 5.74) is 1.13. The van der Waals surface area contributed by atoms with Gasteiger partial charge in [0, 0.05) is 19.1 Å². The van der Waals surface area contributed by atoms with Crippen LogP contribution in [0.25, 0.3) is 0 Å². The van der Waals surface area contributed by atoms with E-state index in [2.05, 4.69) is 19.2 Å². The van der Waals surface area contributed by atoms with E-state index in [-0.39, 0.29) is 11.7 Å². The second-order valence-electron chi connectivity index (χ2n) is 4.96. The Hall–Kier alpha value is -0.930. The van der Waals surface area contributed by atoms with Crippen LogP contribution in [0.15, 0.2) is 24.3 Å². The number of rotatable bonds is 8. The fraction of sp³-hybridized carbons (Fsp3) is 0.600. The molecule has 0 spiro atoms. The van der Waals surface area contributed by atoms with Crippen molar-refractivity contribution in [1.29, 1.82) is 0 Å². The van der Waals surface area contributed by atoms with Crippen LogP contribution in [0.5, 0.6) is 0 Å². The number of hydrogen-bond acceptors (Lipinski definition) is 2. The topological polar surface area (TPSA) is 21.3 Å². The molecule has 1 atom stereocenters. The molecule has 0 radical (unpaired) electrons. The zero-order valence-corrected chi connectivity index (χ0v) is 11.6. The van der Waals surface area contributed by atoms with Crippen molar-refractivity contribution in [2.24, 2.45) is 5.92 Å². The van der Waals surface area contributed by atoms with Gasteiger partial charge in [-0.2, -0.15) is 0 Å². The van der Waals surface area contributed by atoms with Crippen LogP contribution in [0.4, 0.5) is 4.39 Å². The molecule has 0 aliphatic rings. The number of nitrogens with one attached hydrogen (secondary N) is 1. The van der Waals surface area contributed by atoms with Crippen LogP contribution in [0.3, 0.4) is 0 Å². The highest BCUT2D eigenvalue weighted by Crippen LogP contribution is 2.16. The first kappa shape index (κ1) is 15.1. The lowest BCUT2D eigenvalue weighted by molar-refractivity contribution is 0.131. The lowest BCUT2D eigenvalue weighted by Crippen LogP contribution is -2.27. The third-order valence-electron chi connectivity index (χ3n) is 2.81. The van der Waals surface area contributed by atoms with E-state index in [0.29, 0.717) is 19.1 Å². The Morgan fingerprint density at radius 1 is 1.17 bits per heavy atom. The minimum absolute atomic E-state index is 0.191. The third-order valence-corrected chi connectivity index (χ3v) is 2.81. The molecule has 3 heteroatoms. The maximum atomic E-state index is 12.9. The predicted octanol–water partition coefficient (Wildman–Crippen LogP) is 3.19. The van der Waals surface area contributed by atoms with Gasteiger partial charge in [0.05, 0.1) is 6.61 Å². The van der Waals surface area contributed by atoms with E-state index >= 15 is 0 Å². The molecule has 18 heavy (non-hydrogen) atoms. The SMILES string of the molecule is CCOCC(CNCC(C)C)c1ccc(F)cc1. The highest BCUT2D eigenvalue weighted by Gasteiger charge is 2.11. The highest BCUT2D eigenvalue weighted by atomic mass is 19.1. The van der Waals surface area contributed by atoms with Gasteiger partial charge in [0.25, 0.3) is 0 Å². The van der Waals surface area contributed by atoms with Crippen molar-refractivity contribution in [3.05, 3.63) is 35.6 Å². The van der Waals surface area contributed by atoms with Crippen molar-refractivity contribution in [1.82, 2.24) is 5.32 Å². The van der Waals surface area contributed by atoms with Gasteiger partial charge in [0.15, 0.2) is 0 Å². The largest absolute Gasteiger partial charge is 0.381 e. The lowest BCUT2D eigenvalue weighted by atomic mass is 9.99. The van der Waals surface area contributed by atoms with E-state index in [0.717, 1.165) is 18.7 Å². The lowest BCUT2D eigenvalue weighted by Gasteiger charge is -2.19. The molecule has 0 saturated carbocycles. The second kappa shape index (κ2) is 8.22. The minimum atomic E-state index is -0.191. The molecular formula is C15H24FNO. The fourth-order valence-electron chi connectivity index (χ4n) is 1.81.